The predicted molar refractivity (Wildman–Crippen MR) is 103 cm³/mol. The Kier molecular flexibility index (Phi) is 5.32. The summed E-state index contributed by atoms with van der Waals surface area (Å²) in [5.74, 6) is 2.06. The molecule has 1 aromatic heterocycles. The molecular weight excluding hydrogens is 346 g/mol. The van der Waals surface area contributed by atoms with Gasteiger partial charge in [0.25, 0.3) is 0 Å². The zero-order valence-corrected chi connectivity index (χ0v) is 15.4. The number of benzene rings is 2. The van der Waals surface area contributed by atoms with Gasteiger partial charge in [0.15, 0.2) is 0 Å². The first-order valence-corrected chi connectivity index (χ1v) is 9.49. The molecule has 0 bridgehead atoms. The third-order valence-corrected chi connectivity index (χ3v) is 5.26. The third kappa shape index (κ3) is 4.32. The number of aromatic nitrogens is 2. The van der Waals surface area contributed by atoms with Crippen molar-refractivity contribution in [1.29, 1.82) is 0 Å². The van der Waals surface area contributed by atoms with Gasteiger partial charge in [-0.15, -0.1) is 0 Å². The van der Waals surface area contributed by atoms with Crippen LogP contribution in [-0.2, 0) is 13.0 Å². The number of likely N-dealkylation sites (tertiary alicyclic amines) is 1. The van der Waals surface area contributed by atoms with Crippen LogP contribution in [0.5, 0.6) is 0 Å². The highest BCUT2D eigenvalue weighted by molar-refractivity contribution is 6.30. The van der Waals surface area contributed by atoms with Gasteiger partial charge >= 0.3 is 0 Å². The van der Waals surface area contributed by atoms with Gasteiger partial charge in [-0.25, -0.2) is 0 Å². The molecule has 0 saturated carbocycles. The largest absolute Gasteiger partial charge is 0.338 e. The molecule has 4 rings (SSSR count). The van der Waals surface area contributed by atoms with E-state index in [1.807, 2.05) is 24.3 Å². The van der Waals surface area contributed by atoms with Gasteiger partial charge in [-0.3, -0.25) is 4.90 Å². The van der Waals surface area contributed by atoms with Gasteiger partial charge in [-0.1, -0.05) is 47.1 Å². The van der Waals surface area contributed by atoms with Gasteiger partial charge in [0.1, 0.15) is 0 Å². The van der Waals surface area contributed by atoms with E-state index in [0.717, 1.165) is 31.1 Å². The standard InChI is InChI=1S/C21H22ClN3O/c22-19-8-6-18(7-9-19)21-23-20(26-24-21)15-25-12-10-17(11-13-25)14-16-4-2-1-3-5-16/h1-9,17H,10-15H2. The second-order valence-corrected chi connectivity index (χ2v) is 7.36. The van der Waals surface area contributed by atoms with Crippen molar-refractivity contribution in [2.24, 2.45) is 5.92 Å². The quantitative estimate of drug-likeness (QED) is 0.646. The topological polar surface area (TPSA) is 42.2 Å². The SMILES string of the molecule is Clc1ccc(-c2noc(CN3CCC(Cc4ccccc4)CC3)n2)cc1. The van der Waals surface area contributed by atoms with Gasteiger partial charge in [-0.2, -0.15) is 4.98 Å². The molecule has 1 aliphatic rings. The molecule has 4 nitrogen and oxygen atoms in total. The van der Waals surface area contributed by atoms with Crippen molar-refractivity contribution in [1.82, 2.24) is 15.0 Å². The number of hydrogen-bond donors (Lipinski definition) is 0. The average molecular weight is 368 g/mol. The fourth-order valence-electron chi connectivity index (χ4n) is 3.52. The molecule has 0 amide bonds. The molecule has 0 atom stereocenters. The summed E-state index contributed by atoms with van der Waals surface area (Å²) in [6, 6.07) is 18.3. The predicted octanol–water partition coefficient (Wildman–Crippen LogP) is 4.84. The molecule has 0 radical (unpaired) electrons. The smallest absolute Gasteiger partial charge is 0.241 e. The van der Waals surface area contributed by atoms with Gasteiger partial charge in [0.2, 0.25) is 11.7 Å². The van der Waals surface area contributed by atoms with E-state index in [2.05, 4.69) is 45.4 Å². The van der Waals surface area contributed by atoms with Crippen LogP contribution < -0.4 is 0 Å². The zero-order valence-electron chi connectivity index (χ0n) is 14.6. The van der Waals surface area contributed by atoms with Crippen LogP contribution in [0.2, 0.25) is 5.02 Å². The number of halogens is 1. The Bertz CT molecular complexity index is 824. The average Bonchev–Trinajstić information content (AvgIpc) is 3.13. The maximum Gasteiger partial charge on any atom is 0.241 e. The fraction of sp³-hybridized carbons (Fsp3) is 0.333. The van der Waals surface area contributed by atoms with Crippen molar-refractivity contribution in [3.8, 4) is 11.4 Å². The normalized spacial score (nSPS) is 16.0. The summed E-state index contributed by atoms with van der Waals surface area (Å²) >= 11 is 5.93. The molecule has 1 saturated heterocycles. The Balaban J connectivity index is 1.30. The highest BCUT2D eigenvalue weighted by Crippen LogP contribution is 2.23. The summed E-state index contributed by atoms with van der Waals surface area (Å²) in [5, 5.41) is 4.80. The minimum atomic E-state index is 0.621. The van der Waals surface area contributed by atoms with E-state index in [9.17, 15) is 0 Å². The molecule has 134 valence electrons. The van der Waals surface area contributed by atoms with E-state index in [1.165, 1.54) is 24.8 Å². The number of rotatable bonds is 5. The highest BCUT2D eigenvalue weighted by Gasteiger charge is 2.21. The number of piperidine rings is 1. The van der Waals surface area contributed by atoms with Crippen molar-refractivity contribution < 1.29 is 4.52 Å². The monoisotopic (exact) mass is 367 g/mol. The minimum absolute atomic E-state index is 0.621. The zero-order chi connectivity index (χ0) is 17.8. The molecule has 0 N–H and O–H groups in total. The lowest BCUT2D eigenvalue weighted by molar-refractivity contribution is 0.159. The molecule has 3 aromatic rings. The van der Waals surface area contributed by atoms with E-state index < -0.39 is 0 Å². The lowest BCUT2D eigenvalue weighted by atomic mass is 9.90. The van der Waals surface area contributed by atoms with E-state index in [4.69, 9.17) is 16.1 Å². The summed E-state index contributed by atoms with van der Waals surface area (Å²) in [5.41, 5.74) is 2.36. The Morgan fingerprint density at radius 2 is 1.73 bits per heavy atom. The third-order valence-electron chi connectivity index (χ3n) is 5.00. The number of hydrogen-bond acceptors (Lipinski definition) is 4. The van der Waals surface area contributed by atoms with E-state index >= 15 is 0 Å². The molecule has 26 heavy (non-hydrogen) atoms. The van der Waals surface area contributed by atoms with E-state index in [-0.39, 0.29) is 0 Å². The molecule has 0 unspecified atom stereocenters. The maximum absolute atomic E-state index is 5.93. The molecule has 5 heteroatoms. The van der Waals surface area contributed by atoms with Crippen molar-refractivity contribution in [2.75, 3.05) is 13.1 Å². The lowest BCUT2D eigenvalue weighted by Gasteiger charge is -2.31. The lowest BCUT2D eigenvalue weighted by Crippen LogP contribution is -2.33. The van der Waals surface area contributed by atoms with Crippen LogP contribution in [0.3, 0.4) is 0 Å². The summed E-state index contributed by atoms with van der Waals surface area (Å²) in [4.78, 5) is 6.93. The van der Waals surface area contributed by atoms with Crippen molar-refractivity contribution in [3.05, 3.63) is 71.1 Å². The van der Waals surface area contributed by atoms with Gasteiger partial charge in [-0.05, 0) is 68.1 Å². The van der Waals surface area contributed by atoms with Crippen LogP contribution in [-0.4, -0.2) is 28.1 Å². The molecule has 1 aliphatic heterocycles. The van der Waals surface area contributed by atoms with Crippen LogP contribution in [0.15, 0.2) is 59.1 Å². The second kappa shape index (κ2) is 8.02. The second-order valence-electron chi connectivity index (χ2n) is 6.93. The van der Waals surface area contributed by atoms with Crippen molar-refractivity contribution >= 4 is 11.6 Å². The van der Waals surface area contributed by atoms with Crippen LogP contribution in [0, 0.1) is 5.92 Å². The Hall–Kier alpha value is -2.17. The molecule has 0 spiro atoms. The first-order chi connectivity index (χ1) is 12.8. The summed E-state index contributed by atoms with van der Waals surface area (Å²) < 4.78 is 5.44. The Morgan fingerprint density at radius 3 is 2.46 bits per heavy atom. The van der Waals surface area contributed by atoms with Crippen molar-refractivity contribution in [2.45, 2.75) is 25.8 Å². The summed E-state index contributed by atoms with van der Waals surface area (Å²) in [6.07, 6.45) is 3.61. The Morgan fingerprint density at radius 1 is 1.00 bits per heavy atom. The molecular formula is C21H22ClN3O. The van der Waals surface area contributed by atoms with E-state index in [0.29, 0.717) is 16.7 Å². The van der Waals surface area contributed by atoms with Crippen LogP contribution in [0.1, 0.15) is 24.3 Å². The highest BCUT2D eigenvalue weighted by atomic mass is 35.5. The van der Waals surface area contributed by atoms with E-state index in [1.54, 1.807) is 0 Å². The van der Waals surface area contributed by atoms with Crippen LogP contribution in [0.25, 0.3) is 11.4 Å². The van der Waals surface area contributed by atoms with Gasteiger partial charge in [0.05, 0.1) is 6.54 Å². The van der Waals surface area contributed by atoms with Crippen molar-refractivity contribution in [3.63, 3.8) is 0 Å². The van der Waals surface area contributed by atoms with Gasteiger partial charge < -0.3 is 4.52 Å². The number of nitrogens with zero attached hydrogens (tertiary/aromatic N) is 3. The fourth-order valence-corrected chi connectivity index (χ4v) is 3.65. The van der Waals surface area contributed by atoms with Crippen LogP contribution >= 0.6 is 11.6 Å². The molecule has 0 aliphatic carbocycles. The molecule has 2 aromatic carbocycles. The minimum Gasteiger partial charge on any atom is -0.338 e. The summed E-state index contributed by atoms with van der Waals surface area (Å²) in [6.45, 7) is 2.88. The first-order valence-electron chi connectivity index (χ1n) is 9.11. The maximum atomic E-state index is 5.93. The summed E-state index contributed by atoms with van der Waals surface area (Å²) in [7, 11) is 0. The van der Waals surface area contributed by atoms with Crippen LogP contribution in [0.4, 0.5) is 0 Å². The first kappa shape index (κ1) is 17.3. The molecule has 1 fully saturated rings. The molecule has 2 heterocycles. The Labute approximate surface area is 158 Å². The van der Waals surface area contributed by atoms with Gasteiger partial charge in [0, 0.05) is 10.6 Å².